The first-order valence-corrected chi connectivity index (χ1v) is 8.46. The van der Waals surface area contributed by atoms with E-state index in [0.717, 1.165) is 25.0 Å². The van der Waals surface area contributed by atoms with Crippen molar-refractivity contribution >= 4 is 5.78 Å². The van der Waals surface area contributed by atoms with Crippen molar-refractivity contribution in [1.29, 1.82) is 0 Å². The Morgan fingerprint density at radius 2 is 1.79 bits per heavy atom. The number of carbonyl (C=O) groups is 1. The van der Waals surface area contributed by atoms with Gasteiger partial charge in [0.05, 0.1) is 5.69 Å². The van der Waals surface area contributed by atoms with E-state index in [9.17, 15) is 4.79 Å². The van der Waals surface area contributed by atoms with Gasteiger partial charge in [0.2, 0.25) is 0 Å². The molecule has 0 aliphatic carbocycles. The van der Waals surface area contributed by atoms with Crippen LogP contribution < -0.4 is 0 Å². The van der Waals surface area contributed by atoms with Crippen molar-refractivity contribution in [2.75, 3.05) is 0 Å². The maximum Gasteiger partial charge on any atom is 0.111 e. The van der Waals surface area contributed by atoms with E-state index in [2.05, 4.69) is 51.9 Å². The third kappa shape index (κ3) is 11.5. The number of aromatic nitrogens is 3. The molecule has 0 spiro atoms. The van der Waals surface area contributed by atoms with Crippen LogP contribution in [0, 0.1) is 30.6 Å². The summed E-state index contributed by atoms with van der Waals surface area (Å²) in [6.45, 7) is 22.7. The second kappa shape index (κ2) is 11.5. The molecule has 137 valence electrons. The zero-order chi connectivity index (χ0) is 18.3. The van der Waals surface area contributed by atoms with Crippen LogP contribution in [0.3, 0.4) is 0 Å². The first-order chi connectivity index (χ1) is 10.4. The van der Waals surface area contributed by atoms with Crippen molar-refractivity contribution in [3.05, 3.63) is 25.7 Å². The largest absolute Gasteiger partial charge is 0.333 e. The quantitative estimate of drug-likeness (QED) is 0.669. The number of rotatable bonds is 5. The van der Waals surface area contributed by atoms with Crippen LogP contribution >= 0.6 is 0 Å². The number of hydrogen-bond donors (Lipinski definition) is 0. The molecule has 0 saturated heterocycles. The van der Waals surface area contributed by atoms with Crippen LogP contribution in [-0.4, -0.2) is 20.8 Å². The van der Waals surface area contributed by atoms with Gasteiger partial charge in [-0.3, -0.25) is 4.68 Å². The summed E-state index contributed by atoms with van der Waals surface area (Å²) in [4.78, 5) is 11.8. The molecule has 1 aromatic heterocycles. The Kier molecular flexibility index (Phi) is 12.5. The molecule has 0 saturated carbocycles. The van der Waals surface area contributed by atoms with Crippen molar-refractivity contribution in [3.63, 3.8) is 0 Å². The van der Waals surface area contributed by atoms with Crippen LogP contribution in [0.2, 0.25) is 0 Å². The summed E-state index contributed by atoms with van der Waals surface area (Å²) in [6, 6.07) is 0. The monoisotopic (exact) mass is 410 g/mol. The molecule has 5 heteroatoms. The molecular weight excluding hydrogens is 375 g/mol. The van der Waals surface area contributed by atoms with E-state index in [1.54, 1.807) is 4.68 Å². The summed E-state index contributed by atoms with van der Waals surface area (Å²) < 4.78 is 1.74. The van der Waals surface area contributed by atoms with E-state index >= 15 is 0 Å². The standard InChI is InChI=1S/C12H23O.C7H12N3.Y/c1-9(8-11(2,3)4)10(13)12(5,6)7;1-3-5-7-6-10(4-2)9-8-7;/h9H,1,8H2,2-7H3;6H,2-5H2,1H3;/q2*-1;. The molecule has 24 heavy (non-hydrogen) atoms. The second-order valence-corrected chi connectivity index (χ2v) is 8.30. The number of Topliss-reactive ketones (excluding diaryl/α,β-unsaturated/α-hetero) is 1. The summed E-state index contributed by atoms with van der Waals surface area (Å²) in [7, 11) is 0. The van der Waals surface area contributed by atoms with Gasteiger partial charge in [0.1, 0.15) is 5.78 Å². The average Bonchev–Trinajstić information content (AvgIpc) is 2.84. The van der Waals surface area contributed by atoms with Crippen LogP contribution in [0.25, 0.3) is 0 Å². The van der Waals surface area contributed by atoms with E-state index < -0.39 is 0 Å². The van der Waals surface area contributed by atoms with Gasteiger partial charge in [-0.1, -0.05) is 73.1 Å². The third-order valence-corrected chi connectivity index (χ3v) is 3.29. The molecule has 0 N–H and O–H groups in total. The Morgan fingerprint density at radius 1 is 1.25 bits per heavy atom. The Balaban J connectivity index is 0. The fourth-order valence-electron chi connectivity index (χ4n) is 2.26. The summed E-state index contributed by atoms with van der Waals surface area (Å²) in [5, 5.41) is 7.81. The number of carbonyl (C=O) groups excluding carboxylic acids is 1. The van der Waals surface area contributed by atoms with Gasteiger partial charge < -0.3 is 18.6 Å². The van der Waals surface area contributed by atoms with Crippen LogP contribution in [0.5, 0.6) is 0 Å². The van der Waals surface area contributed by atoms with E-state index in [-0.39, 0.29) is 55.2 Å². The Hall–Kier alpha value is -0.0861. The zero-order valence-electron chi connectivity index (χ0n) is 16.7. The van der Waals surface area contributed by atoms with E-state index in [1.165, 1.54) is 0 Å². The maximum absolute atomic E-state index is 11.8. The molecule has 0 aliphatic rings. The minimum atomic E-state index is -0.252. The van der Waals surface area contributed by atoms with Gasteiger partial charge in [-0.2, -0.15) is 0 Å². The normalized spacial score (nSPS) is 12.7. The Labute approximate surface area is 174 Å². The van der Waals surface area contributed by atoms with Crippen molar-refractivity contribution in [3.8, 4) is 0 Å². The Morgan fingerprint density at radius 3 is 2.12 bits per heavy atom. The summed E-state index contributed by atoms with van der Waals surface area (Å²) in [5.41, 5.74) is 0.997. The molecule has 1 unspecified atom stereocenters. The number of nitrogens with zero attached hydrogens (tertiary/aromatic N) is 3. The fourth-order valence-corrected chi connectivity index (χ4v) is 2.26. The molecule has 0 fully saturated rings. The van der Waals surface area contributed by atoms with Crippen LogP contribution in [0.15, 0.2) is 6.20 Å². The van der Waals surface area contributed by atoms with E-state index in [1.807, 2.05) is 27.0 Å². The summed E-state index contributed by atoms with van der Waals surface area (Å²) in [6.07, 6.45) is 4.94. The average molecular weight is 410 g/mol. The van der Waals surface area contributed by atoms with Crippen molar-refractivity contribution < 1.29 is 37.5 Å². The zero-order valence-corrected chi connectivity index (χ0v) is 19.6. The molecule has 1 aromatic rings. The molecule has 1 atom stereocenters. The van der Waals surface area contributed by atoms with Crippen LogP contribution in [0.4, 0.5) is 0 Å². The van der Waals surface area contributed by atoms with Crippen molar-refractivity contribution in [2.45, 2.75) is 74.3 Å². The maximum atomic E-state index is 11.8. The van der Waals surface area contributed by atoms with Crippen LogP contribution in [0.1, 0.15) is 67.0 Å². The molecule has 1 rings (SSSR count). The predicted octanol–water partition coefficient (Wildman–Crippen LogP) is 4.55. The number of ketones is 1. The fraction of sp³-hybridized carbons (Fsp3) is 0.737. The van der Waals surface area contributed by atoms with E-state index in [0.29, 0.717) is 6.54 Å². The molecular formula is C19H35N3OY-2. The molecule has 1 heterocycles. The SMILES string of the molecule is [CH2-]C(CC(C)(C)C)C(=O)C(C)(C)C.[CH2-]Cn1cc(CCC)nn1.[Y]. The molecule has 0 aromatic carbocycles. The van der Waals surface area contributed by atoms with Crippen molar-refractivity contribution in [2.24, 2.45) is 16.7 Å². The van der Waals surface area contributed by atoms with Gasteiger partial charge in [-0.05, 0) is 11.8 Å². The van der Waals surface area contributed by atoms with Gasteiger partial charge in [-0.15, -0.1) is 11.0 Å². The van der Waals surface area contributed by atoms with E-state index in [4.69, 9.17) is 0 Å². The first kappa shape index (κ1) is 26.1. The Bertz CT molecular complexity index is 470. The van der Waals surface area contributed by atoms with Gasteiger partial charge in [0.15, 0.2) is 0 Å². The number of aryl methyl sites for hydroxylation is 1. The van der Waals surface area contributed by atoms with Gasteiger partial charge >= 0.3 is 0 Å². The summed E-state index contributed by atoms with van der Waals surface area (Å²) in [5.74, 6) is 0.197. The smallest absolute Gasteiger partial charge is 0.111 e. The summed E-state index contributed by atoms with van der Waals surface area (Å²) >= 11 is 0. The van der Waals surface area contributed by atoms with Crippen LogP contribution in [-0.2, 0) is 50.5 Å². The minimum Gasteiger partial charge on any atom is -0.333 e. The van der Waals surface area contributed by atoms with Gasteiger partial charge in [0.25, 0.3) is 0 Å². The first-order valence-electron chi connectivity index (χ1n) is 8.46. The molecule has 4 nitrogen and oxygen atoms in total. The number of hydrogen-bond acceptors (Lipinski definition) is 3. The second-order valence-electron chi connectivity index (χ2n) is 8.30. The topological polar surface area (TPSA) is 47.8 Å². The third-order valence-electron chi connectivity index (χ3n) is 3.29. The molecule has 0 bridgehead atoms. The predicted molar refractivity (Wildman–Crippen MR) is 96.8 cm³/mol. The van der Waals surface area contributed by atoms with Gasteiger partial charge in [-0.25, -0.2) is 0 Å². The van der Waals surface area contributed by atoms with Gasteiger partial charge in [0, 0.05) is 44.3 Å². The minimum absolute atomic E-state index is 0. The molecule has 1 radical (unpaired) electrons. The molecule has 0 amide bonds. The van der Waals surface area contributed by atoms with Crippen molar-refractivity contribution in [1.82, 2.24) is 15.0 Å². The molecule has 0 aliphatic heterocycles.